The summed E-state index contributed by atoms with van der Waals surface area (Å²) in [5.74, 6) is -1.29. The van der Waals surface area contributed by atoms with Gasteiger partial charge in [-0.3, -0.25) is 5.32 Å². The molecule has 11 heteroatoms. The zero-order chi connectivity index (χ0) is 16.4. The molecule has 0 saturated carbocycles. The van der Waals surface area contributed by atoms with Crippen LogP contribution in [0.1, 0.15) is 20.8 Å². The minimum absolute atomic E-state index is 0.280. The summed E-state index contributed by atoms with van der Waals surface area (Å²) in [5.41, 5.74) is -0.870. The maximum Gasteiger partial charge on any atom is 0.413 e. The summed E-state index contributed by atoms with van der Waals surface area (Å²) in [5, 5.41) is 15.7. The largest absolute Gasteiger partial charge is 0.444 e. The maximum atomic E-state index is 12.4. The quantitative estimate of drug-likeness (QED) is 0.683. The Balaban J connectivity index is 2.98. The van der Waals surface area contributed by atoms with E-state index in [9.17, 15) is 28.1 Å². The number of carbonyl (C=O) groups is 1. The Hall–Kier alpha value is -2.33. The fourth-order valence-electron chi connectivity index (χ4n) is 1.29. The van der Waals surface area contributed by atoms with E-state index in [4.69, 9.17) is 4.74 Å². The smallest absolute Gasteiger partial charge is 0.413 e. The second-order valence-electron chi connectivity index (χ2n) is 5.04. The molecule has 0 aliphatic carbocycles. The van der Waals surface area contributed by atoms with E-state index in [0.29, 0.717) is 0 Å². The van der Waals surface area contributed by atoms with Gasteiger partial charge in [0.05, 0.1) is 11.2 Å². The average Bonchev–Trinajstić information content (AvgIpc) is 2.55. The molecule has 21 heavy (non-hydrogen) atoms. The van der Waals surface area contributed by atoms with Crippen LogP contribution in [0.25, 0.3) is 0 Å². The molecule has 1 aromatic rings. The lowest BCUT2D eigenvalue weighted by molar-refractivity contribution is -0.389. The van der Waals surface area contributed by atoms with Crippen LogP contribution < -0.4 is 5.32 Å². The maximum absolute atomic E-state index is 12.4. The summed E-state index contributed by atoms with van der Waals surface area (Å²) >= 11 is 0. The molecule has 0 aliphatic heterocycles. The Labute approximate surface area is 117 Å². The Morgan fingerprint density at radius 1 is 1.48 bits per heavy atom. The molecule has 0 fully saturated rings. The first kappa shape index (κ1) is 16.7. The zero-order valence-electron chi connectivity index (χ0n) is 11.4. The molecule has 118 valence electrons. The molecule has 8 nitrogen and oxygen atoms in total. The monoisotopic (exact) mass is 310 g/mol. The predicted molar refractivity (Wildman–Crippen MR) is 64.8 cm³/mol. The van der Waals surface area contributed by atoms with Gasteiger partial charge in [-0.15, -0.1) is 4.68 Å². The number of nitro groups is 1. The topological polar surface area (TPSA) is 99.3 Å². The second-order valence-corrected chi connectivity index (χ2v) is 5.04. The van der Waals surface area contributed by atoms with Gasteiger partial charge in [0.1, 0.15) is 5.60 Å². The third kappa shape index (κ3) is 5.67. The van der Waals surface area contributed by atoms with Crippen molar-refractivity contribution in [1.29, 1.82) is 0 Å². The standard InChI is InChI=1S/C10H13F3N4O4/c1-9(2,3)21-8(18)14-6-4-7(17(19)20)15-16(6)5-10(11,12)13/h4H,5H2,1-3H3,(H,14,18). The van der Waals surface area contributed by atoms with Gasteiger partial charge in [-0.2, -0.15) is 13.2 Å². The van der Waals surface area contributed by atoms with Crippen molar-refractivity contribution in [2.75, 3.05) is 5.32 Å². The number of hydrogen-bond acceptors (Lipinski definition) is 5. The van der Waals surface area contributed by atoms with Crippen LogP contribution in [-0.2, 0) is 11.3 Å². The summed E-state index contributed by atoms with van der Waals surface area (Å²) < 4.78 is 42.2. The van der Waals surface area contributed by atoms with E-state index < -0.39 is 41.0 Å². The van der Waals surface area contributed by atoms with Gasteiger partial charge in [0, 0.05) is 0 Å². The van der Waals surface area contributed by atoms with E-state index in [-0.39, 0.29) is 4.68 Å². The molecule has 1 aromatic heterocycles. The third-order valence-electron chi connectivity index (χ3n) is 1.91. The fourth-order valence-corrected chi connectivity index (χ4v) is 1.29. The van der Waals surface area contributed by atoms with Gasteiger partial charge >= 0.3 is 18.1 Å². The lowest BCUT2D eigenvalue weighted by Crippen LogP contribution is -2.29. The van der Waals surface area contributed by atoms with Crippen LogP contribution in [0, 0.1) is 10.1 Å². The van der Waals surface area contributed by atoms with Crippen molar-refractivity contribution in [2.45, 2.75) is 39.1 Å². The molecule has 0 atom stereocenters. The number of rotatable bonds is 3. The third-order valence-corrected chi connectivity index (χ3v) is 1.91. The van der Waals surface area contributed by atoms with Crippen molar-refractivity contribution in [3.05, 3.63) is 16.2 Å². The first-order chi connectivity index (χ1) is 9.37. The minimum atomic E-state index is -4.65. The fraction of sp³-hybridized carbons (Fsp3) is 0.600. The van der Waals surface area contributed by atoms with Gasteiger partial charge < -0.3 is 14.9 Å². The van der Waals surface area contributed by atoms with Gasteiger partial charge in [0.15, 0.2) is 12.4 Å². The molecule has 1 amide bonds. The van der Waals surface area contributed by atoms with Crippen LogP contribution in [0.15, 0.2) is 6.07 Å². The highest BCUT2D eigenvalue weighted by Crippen LogP contribution is 2.24. The molecule has 1 rings (SSSR count). The Morgan fingerprint density at radius 2 is 2.05 bits per heavy atom. The molecule has 0 spiro atoms. The van der Waals surface area contributed by atoms with Gasteiger partial charge in [-0.25, -0.2) is 4.79 Å². The second kappa shape index (κ2) is 5.58. The Kier molecular flexibility index (Phi) is 4.44. The predicted octanol–water partition coefficient (Wildman–Crippen LogP) is 2.70. The molecule has 0 unspecified atom stereocenters. The van der Waals surface area contributed by atoms with Crippen LogP contribution >= 0.6 is 0 Å². The molecular formula is C10H13F3N4O4. The van der Waals surface area contributed by atoms with E-state index >= 15 is 0 Å². The normalized spacial score (nSPS) is 12.1. The number of amides is 1. The lowest BCUT2D eigenvalue weighted by atomic mass is 10.2. The molecule has 0 bridgehead atoms. The van der Waals surface area contributed by atoms with Crippen LogP contribution in [0.5, 0.6) is 0 Å². The molecule has 1 heterocycles. The first-order valence-corrected chi connectivity index (χ1v) is 5.66. The highest BCUT2D eigenvalue weighted by atomic mass is 19.4. The van der Waals surface area contributed by atoms with Crippen LogP contribution in [0.3, 0.4) is 0 Å². The minimum Gasteiger partial charge on any atom is -0.444 e. The highest BCUT2D eigenvalue weighted by molar-refractivity contribution is 5.84. The van der Waals surface area contributed by atoms with E-state index in [1.165, 1.54) is 0 Å². The summed E-state index contributed by atoms with van der Waals surface area (Å²) in [6.45, 7) is 3.10. The van der Waals surface area contributed by atoms with Gasteiger partial charge in [0.25, 0.3) is 0 Å². The molecule has 1 N–H and O–H groups in total. The van der Waals surface area contributed by atoms with Crippen molar-refractivity contribution >= 4 is 17.7 Å². The lowest BCUT2D eigenvalue weighted by Gasteiger charge is -2.19. The molecular weight excluding hydrogens is 297 g/mol. The highest BCUT2D eigenvalue weighted by Gasteiger charge is 2.33. The summed E-state index contributed by atoms with van der Waals surface area (Å²) in [7, 11) is 0. The van der Waals surface area contributed by atoms with Gasteiger partial charge in [-0.05, 0) is 25.7 Å². The van der Waals surface area contributed by atoms with Crippen molar-refractivity contribution < 1.29 is 27.6 Å². The van der Waals surface area contributed by atoms with Crippen molar-refractivity contribution in [2.24, 2.45) is 0 Å². The number of aromatic nitrogens is 2. The van der Waals surface area contributed by atoms with E-state index in [1.54, 1.807) is 20.8 Å². The first-order valence-electron chi connectivity index (χ1n) is 5.66. The van der Waals surface area contributed by atoms with Crippen molar-refractivity contribution in [3.63, 3.8) is 0 Å². The van der Waals surface area contributed by atoms with Crippen LogP contribution in [0.4, 0.5) is 29.6 Å². The number of anilines is 1. The van der Waals surface area contributed by atoms with Crippen LogP contribution in [0.2, 0.25) is 0 Å². The van der Waals surface area contributed by atoms with Crippen LogP contribution in [-0.4, -0.2) is 32.6 Å². The van der Waals surface area contributed by atoms with E-state index in [0.717, 1.165) is 6.07 Å². The Morgan fingerprint density at radius 3 is 2.48 bits per heavy atom. The van der Waals surface area contributed by atoms with E-state index in [2.05, 4.69) is 5.10 Å². The SMILES string of the molecule is CC(C)(C)OC(=O)Nc1cc([N+](=O)[O-])nn1CC(F)(F)F. The number of ether oxygens (including phenoxy) is 1. The number of alkyl halides is 3. The number of nitrogens with zero attached hydrogens (tertiary/aromatic N) is 3. The number of carbonyl (C=O) groups excluding carboxylic acids is 1. The number of hydrogen-bond donors (Lipinski definition) is 1. The number of halogens is 3. The van der Waals surface area contributed by atoms with Gasteiger partial charge in [0.2, 0.25) is 0 Å². The molecule has 0 radical (unpaired) electrons. The van der Waals surface area contributed by atoms with Gasteiger partial charge in [-0.1, -0.05) is 0 Å². The number of nitrogens with one attached hydrogen (secondary N) is 1. The summed E-state index contributed by atoms with van der Waals surface area (Å²) in [6, 6.07) is 0.718. The van der Waals surface area contributed by atoms with Crippen molar-refractivity contribution in [3.8, 4) is 0 Å². The average molecular weight is 310 g/mol. The van der Waals surface area contributed by atoms with Crippen molar-refractivity contribution in [1.82, 2.24) is 9.78 Å². The molecule has 0 aliphatic rings. The van der Waals surface area contributed by atoms with E-state index in [1.807, 2.05) is 5.32 Å². The Bertz CT molecular complexity index is 547. The summed E-state index contributed by atoms with van der Waals surface area (Å²) in [4.78, 5) is 21.1. The summed E-state index contributed by atoms with van der Waals surface area (Å²) in [6.07, 6.45) is -5.69. The zero-order valence-corrected chi connectivity index (χ0v) is 11.4. The molecule has 0 saturated heterocycles. The molecule has 0 aromatic carbocycles.